The molecule has 2 N–H and O–H groups in total. The van der Waals surface area contributed by atoms with Crippen molar-refractivity contribution >= 4 is 34.6 Å². The van der Waals surface area contributed by atoms with E-state index in [1.54, 1.807) is 63.5 Å². The number of fused-ring (bicyclic) bond motifs is 1. The van der Waals surface area contributed by atoms with Gasteiger partial charge in [0.25, 0.3) is 5.91 Å². The van der Waals surface area contributed by atoms with Crippen LogP contribution in [0.5, 0.6) is 0 Å². The maximum absolute atomic E-state index is 12.9. The number of aryl methyl sites for hydroxylation is 2. The number of nitrogens with one attached hydrogen (secondary N) is 2. The van der Waals surface area contributed by atoms with Gasteiger partial charge in [-0.2, -0.15) is 0 Å². The van der Waals surface area contributed by atoms with E-state index in [9.17, 15) is 19.2 Å². The summed E-state index contributed by atoms with van der Waals surface area (Å²) in [5.74, 6) is -1.01. The number of amides is 4. The third-order valence-electron chi connectivity index (χ3n) is 5.48. The highest BCUT2D eigenvalue weighted by Crippen LogP contribution is 2.28. The number of imidazole rings is 1. The Morgan fingerprint density at radius 2 is 1.67 bits per heavy atom. The number of aromatic nitrogens is 2. The topological polar surface area (TPSA) is 105 Å². The van der Waals surface area contributed by atoms with Crippen LogP contribution in [0.25, 0.3) is 11.0 Å². The van der Waals surface area contributed by atoms with Crippen molar-refractivity contribution in [3.8, 4) is 0 Å². The molecule has 1 aliphatic heterocycles. The van der Waals surface area contributed by atoms with Gasteiger partial charge < -0.3 is 10.6 Å². The molecular weight excluding hydrogens is 386 g/mol. The maximum atomic E-state index is 12.9. The first-order valence-electron chi connectivity index (χ1n) is 9.37. The average Bonchev–Trinajstić information content (AvgIpc) is 3.08. The van der Waals surface area contributed by atoms with E-state index in [2.05, 4.69) is 10.6 Å². The van der Waals surface area contributed by atoms with Crippen molar-refractivity contribution in [3.63, 3.8) is 0 Å². The Balaban J connectivity index is 1.52. The molecule has 0 unspecified atom stereocenters. The van der Waals surface area contributed by atoms with Crippen LogP contribution in [-0.2, 0) is 29.2 Å². The molecule has 9 heteroatoms. The minimum absolute atomic E-state index is 0.173. The number of imide groups is 1. The molecule has 154 valence electrons. The van der Waals surface area contributed by atoms with Gasteiger partial charge in [0.2, 0.25) is 5.91 Å². The van der Waals surface area contributed by atoms with E-state index >= 15 is 0 Å². The molecule has 1 atom stereocenters. The molecule has 4 amide bonds. The molecule has 0 spiro atoms. The molecule has 1 fully saturated rings. The molecule has 0 saturated carbocycles. The van der Waals surface area contributed by atoms with E-state index in [0.29, 0.717) is 16.8 Å². The van der Waals surface area contributed by atoms with Crippen molar-refractivity contribution in [2.24, 2.45) is 14.1 Å². The first-order valence-corrected chi connectivity index (χ1v) is 9.37. The van der Waals surface area contributed by atoms with Crippen LogP contribution in [0.1, 0.15) is 12.5 Å². The van der Waals surface area contributed by atoms with E-state index in [0.717, 1.165) is 10.4 Å². The second kappa shape index (κ2) is 6.87. The normalized spacial score (nSPS) is 18.7. The summed E-state index contributed by atoms with van der Waals surface area (Å²) in [7, 11) is 3.32. The highest BCUT2D eigenvalue weighted by atomic mass is 16.2. The molecule has 1 aliphatic rings. The number of nitrogens with zero attached hydrogens (tertiary/aromatic N) is 3. The lowest BCUT2D eigenvalue weighted by molar-refractivity contribution is -0.133. The van der Waals surface area contributed by atoms with Crippen LogP contribution in [0.15, 0.2) is 53.3 Å². The summed E-state index contributed by atoms with van der Waals surface area (Å²) in [6, 6.07) is 13.3. The zero-order valence-electron chi connectivity index (χ0n) is 16.8. The average molecular weight is 407 g/mol. The second-order valence-electron chi connectivity index (χ2n) is 7.46. The van der Waals surface area contributed by atoms with Crippen LogP contribution in [0, 0.1) is 0 Å². The maximum Gasteiger partial charge on any atom is 0.328 e. The summed E-state index contributed by atoms with van der Waals surface area (Å²) < 4.78 is 2.99. The minimum Gasteiger partial charge on any atom is -0.324 e. The molecule has 4 rings (SSSR count). The molecule has 2 aromatic carbocycles. The van der Waals surface area contributed by atoms with Gasteiger partial charge in [0.1, 0.15) is 12.1 Å². The first kappa shape index (κ1) is 19.4. The first-order chi connectivity index (χ1) is 14.2. The van der Waals surface area contributed by atoms with Gasteiger partial charge in [-0.3, -0.25) is 23.6 Å². The van der Waals surface area contributed by atoms with Gasteiger partial charge in [0.15, 0.2) is 0 Å². The van der Waals surface area contributed by atoms with Gasteiger partial charge in [0.05, 0.1) is 11.0 Å². The summed E-state index contributed by atoms with van der Waals surface area (Å²) >= 11 is 0. The van der Waals surface area contributed by atoms with E-state index in [4.69, 9.17) is 0 Å². The van der Waals surface area contributed by atoms with Gasteiger partial charge in [-0.1, -0.05) is 30.3 Å². The van der Waals surface area contributed by atoms with Crippen molar-refractivity contribution in [1.82, 2.24) is 19.4 Å². The quantitative estimate of drug-likeness (QED) is 0.636. The van der Waals surface area contributed by atoms with Gasteiger partial charge in [0, 0.05) is 19.8 Å². The zero-order chi connectivity index (χ0) is 21.6. The van der Waals surface area contributed by atoms with E-state index in [1.165, 1.54) is 9.13 Å². The van der Waals surface area contributed by atoms with E-state index < -0.39 is 29.9 Å². The Hall–Kier alpha value is -3.88. The van der Waals surface area contributed by atoms with Crippen LogP contribution in [0.3, 0.4) is 0 Å². The number of urea groups is 1. The molecular formula is C21H21N5O4. The van der Waals surface area contributed by atoms with Crippen molar-refractivity contribution in [2.45, 2.75) is 12.5 Å². The summed E-state index contributed by atoms with van der Waals surface area (Å²) in [6.45, 7) is 1.20. The second-order valence-corrected chi connectivity index (χ2v) is 7.46. The number of benzene rings is 2. The molecule has 3 aromatic rings. The number of hydrogen-bond acceptors (Lipinski definition) is 4. The van der Waals surface area contributed by atoms with Crippen LogP contribution < -0.4 is 16.3 Å². The fraction of sp³-hybridized carbons (Fsp3) is 0.238. The van der Waals surface area contributed by atoms with Crippen LogP contribution >= 0.6 is 0 Å². The van der Waals surface area contributed by atoms with Crippen LogP contribution in [-0.4, -0.2) is 38.4 Å². The number of carbonyl (C=O) groups excluding carboxylic acids is 3. The zero-order valence-corrected chi connectivity index (χ0v) is 16.8. The van der Waals surface area contributed by atoms with Gasteiger partial charge in [-0.25, -0.2) is 9.59 Å². The van der Waals surface area contributed by atoms with Crippen LogP contribution in [0.4, 0.5) is 10.5 Å². The molecule has 0 radical (unpaired) electrons. The SMILES string of the molecule is Cn1c(=O)n(C)c2cc(NC(=O)CN3C(=O)N[C@](C)(c4ccccc4)C3=O)ccc21. The molecule has 0 aliphatic carbocycles. The lowest BCUT2D eigenvalue weighted by Gasteiger charge is -2.22. The standard InChI is InChI=1S/C21H21N5O4/c1-21(13-7-5-4-6-8-13)18(28)26(19(29)23-21)12-17(27)22-14-9-10-15-16(11-14)25(3)20(30)24(15)2/h4-11H,12H2,1-3H3,(H,22,27)(H,23,29)/t21-/m1/s1. The number of anilines is 1. The Bertz CT molecular complexity index is 1240. The van der Waals surface area contributed by atoms with Crippen molar-refractivity contribution in [2.75, 3.05) is 11.9 Å². The molecule has 9 nitrogen and oxygen atoms in total. The monoisotopic (exact) mass is 407 g/mol. The fourth-order valence-corrected chi connectivity index (χ4v) is 3.74. The third-order valence-corrected chi connectivity index (χ3v) is 5.48. The Morgan fingerprint density at radius 1 is 1.00 bits per heavy atom. The number of hydrogen-bond donors (Lipinski definition) is 2. The summed E-state index contributed by atoms with van der Waals surface area (Å²) in [4.78, 5) is 50.8. The highest BCUT2D eigenvalue weighted by Gasteiger charge is 2.49. The predicted octanol–water partition coefficient (Wildman–Crippen LogP) is 1.28. The predicted molar refractivity (Wildman–Crippen MR) is 111 cm³/mol. The molecule has 0 bridgehead atoms. The summed E-state index contributed by atoms with van der Waals surface area (Å²) in [5, 5.41) is 5.36. The lowest BCUT2D eigenvalue weighted by atomic mass is 9.92. The van der Waals surface area contributed by atoms with Gasteiger partial charge in [-0.15, -0.1) is 0 Å². The summed E-state index contributed by atoms with van der Waals surface area (Å²) in [6.07, 6.45) is 0. The molecule has 30 heavy (non-hydrogen) atoms. The van der Waals surface area contributed by atoms with Crippen molar-refractivity contribution < 1.29 is 14.4 Å². The molecule has 1 saturated heterocycles. The van der Waals surface area contributed by atoms with Gasteiger partial charge >= 0.3 is 11.7 Å². The molecule has 2 heterocycles. The Labute approximate surface area is 171 Å². The van der Waals surface area contributed by atoms with Crippen LogP contribution in [0.2, 0.25) is 0 Å². The molecule has 1 aromatic heterocycles. The Morgan fingerprint density at radius 3 is 2.37 bits per heavy atom. The van der Waals surface area contributed by atoms with Gasteiger partial charge in [-0.05, 0) is 30.7 Å². The summed E-state index contributed by atoms with van der Waals surface area (Å²) in [5.41, 5.74) is 1.10. The number of rotatable bonds is 4. The minimum atomic E-state index is -1.22. The van der Waals surface area contributed by atoms with Crippen molar-refractivity contribution in [3.05, 3.63) is 64.6 Å². The smallest absolute Gasteiger partial charge is 0.324 e. The van der Waals surface area contributed by atoms with E-state index in [-0.39, 0.29) is 5.69 Å². The lowest BCUT2D eigenvalue weighted by Crippen LogP contribution is -2.42. The largest absolute Gasteiger partial charge is 0.328 e. The fourth-order valence-electron chi connectivity index (χ4n) is 3.74. The third kappa shape index (κ3) is 2.95. The Kier molecular flexibility index (Phi) is 4.45. The highest BCUT2D eigenvalue weighted by molar-refractivity contribution is 6.10. The number of carbonyl (C=O) groups is 3. The van der Waals surface area contributed by atoms with Crippen molar-refractivity contribution in [1.29, 1.82) is 0 Å². The van der Waals surface area contributed by atoms with E-state index in [1.807, 2.05) is 6.07 Å².